The Morgan fingerprint density at radius 3 is 2.04 bits per heavy atom. The number of methoxy groups -OCH3 is 1. The van der Waals surface area contributed by atoms with Crippen LogP contribution in [0.2, 0.25) is 0 Å². The molecule has 1 heterocycles. The van der Waals surface area contributed by atoms with Gasteiger partial charge in [0, 0.05) is 12.1 Å². The molecular formula is C19H14N2O6. The van der Waals surface area contributed by atoms with Crippen molar-refractivity contribution in [3.05, 3.63) is 87.5 Å². The fraction of sp³-hybridized carbons (Fsp3) is 0.105. The number of carbonyl (C=O) groups excluding carboxylic acids is 3. The van der Waals surface area contributed by atoms with E-state index in [9.17, 15) is 24.5 Å². The Kier molecular flexibility index (Phi) is 4.55. The summed E-state index contributed by atoms with van der Waals surface area (Å²) in [6.07, 6.45) is 0. The van der Waals surface area contributed by atoms with Crippen LogP contribution in [0.4, 0.5) is 5.69 Å². The molecule has 0 aliphatic carbocycles. The quantitative estimate of drug-likeness (QED) is 0.265. The highest BCUT2D eigenvalue weighted by Crippen LogP contribution is 2.36. The lowest BCUT2D eigenvalue weighted by Crippen LogP contribution is -2.36. The molecular weight excluding hydrogens is 352 g/mol. The number of nitro groups is 1. The summed E-state index contributed by atoms with van der Waals surface area (Å²) in [7, 11) is 1.16. The zero-order chi connectivity index (χ0) is 19.7. The van der Waals surface area contributed by atoms with Crippen LogP contribution < -0.4 is 0 Å². The standard InChI is InChI=1S/C19H14N2O6/c1-11(19(24)27-2)16(12-7-9-13(10-8-12)21(25)26)20-17(22)14-5-3-4-6-15(14)18(20)23/h3-10,16H,1H2,2H3/t16-/m1/s1. The number of nitrogens with zero attached hydrogens (tertiary/aromatic N) is 2. The van der Waals surface area contributed by atoms with Crippen LogP contribution in [-0.2, 0) is 9.53 Å². The number of non-ortho nitro benzene ring substituents is 1. The zero-order valence-corrected chi connectivity index (χ0v) is 14.2. The number of rotatable bonds is 5. The molecule has 0 aromatic heterocycles. The maximum absolute atomic E-state index is 12.8. The minimum absolute atomic E-state index is 0.138. The molecule has 27 heavy (non-hydrogen) atoms. The second kappa shape index (κ2) is 6.83. The monoisotopic (exact) mass is 366 g/mol. The number of imide groups is 1. The van der Waals surface area contributed by atoms with Crippen LogP contribution in [0.5, 0.6) is 0 Å². The van der Waals surface area contributed by atoms with Crippen LogP contribution >= 0.6 is 0 Å². The SMILES string of the molecule is C=C(C(=O)OC)[C@H](c1ccc([N+](=O)[O-])cc1)N1C(=O)c2ccccc2C1=O. The minimum Gasteiger partial charge on any atom is -0.466 e. The first-order valence-corrected chi connectivity index (χ1v) is 7.85. The van der Waals surface area contributed by atoms with E-state index in [-0.39, 0.29) is 22.4 Å². The number of nitro benzene ring substituents is 1. The van der Waals surface area contributed by atoms with Crippen LogP contribution in [0.15, 0.2) is 60.7 Å². The fourth-order valence-electron chi connectivity index (χ4n) is 2.97. The second-order valence-electron chi connectivity index (χ2n) is 5.79. The number of ether oxygens (including phenoxy) is 1. The summed E-state index contributed by atoms with van der Waals surface area (Å²) >= 11 is 0. The fourth-order valence-corrected chi connectivity index (χ4v) is 2.97. The lowest BCUT2D eigenvalue weighted by Gasteiger charge is -2.27. The molecule has 3 rings (SSSR count). The van der Waals surface area contributed by atoms with Gasteiger partial charge in [-0.15, -0.1) is 0 Å². The third-order valence-corrected chi connectivity index (χ3v) is 4.28. The van der Waals surface area contributed by atoms with Crippen LogP contribution in [-0.4, -0.2) is 34.7 Å². The van der Waals surface area contributed by atoms with Crippen molar-refractivity contribution in [3.8, 4) is 0 Å². The minimum atomic E-state index is -1.15. The Morgan fingerprint density at radius 1 is 1.07 bits per heavy atom. The largest absolute Gasteiger partial charge is 0.466 e. The predicted octanol–water partition coefficient (Wildman–Crippen LogP) is 2.66. The van der Waals surface area contributed by atoms with Gasteiger partial charge in [0.2, 0.25) is 0 Å². The number of esters is 1. The molecule has 0 saturated carbocycles. The molecule has 2 amide bonds. The van der Waals surface area contributed by atoms with Gasteiger partial charge in [-0.3, -0.25) is 24.6 Å². The number of amides is 2. The Hall–Kier alpha value is -3.81. The van der Waals surface area contributed by atoms with Gasteiger partial charge in [0.1, 0.15) is 0 Å². The Morgan fingerprint density at radius 2 is 1.59 bits per heavy atom. The van der Waals surface area contributed by atoms with Crippen molar-refractivity contribution < 1.29 is 24.0 Å². The topological polar surface area (TPSA) is 107 Å². The Labute approximate surface area is 153 Å². The third kappa shape index (κ3) is 2.97. The highest BCUT2D eigenvalue weighted by atomic mass is 16.6. The summed E-state index contributed by atoms with van der Waals surface area (Å²) in [6.45, 7) is 3.68. The molecule has 0 N–H and O–H groups in total. The van der Waals surface area contributed by atoms with E-state index in [0.29, 0.717) is 5.56 Å². The van der Waals surface area contributed by atoms with Gasteiger partial charge in [0.25, 0.3) is 17.5 Å². The van der Waals surface area contributed by atoms with Gasteiger partial charge < -0.3 is 4.74 Å². The average molecular weight is 366 g/mol. The van der Waals surface area contributed by atoms with E-state index in [1.165, 1.54) is 36.4 Å². The first kappa shape index (κ1) is 18.0. The summed E-state index contributed by atoms with van der Waals surface area (Å²) in [5, 5.41) is 10.9. The van der Waals surface area contributed by atoms with Crippen LogP contribution in [0.3, 0.4) is 0 Å². The highest BCUT2D eigenvalue weighted by molar-refractivity contribution is 6.22. The first-order chi connectivity index (χ1) is 12.9. The molecule has 0 unspecified atom stereocenters. The smallest absolute Gasteiger partial charge is 0.335 e. The van der Waals surface area contributed by atoms with E-state index >= 15 is 0 Å². The highest BCUT2D eigenvalue weighted by Gasteiger charge is 2.42. The molecule has 2 aromatic carbocycles. The van der Waals surface area contributed by atoms with Gasteiger partial charge in [-0.05, 0) is 29.8 Å². The number of hydrogen-bond donors (Lipinski definition) is 0. The molecule has 0 fully saturated rings. The van der Waals surface area contributed by atoms with Gasteiger partial charge in [-0.1, -0.05) is 18.7 Å². The first-order valence-electron chi connectivity index (χ1n) is 7.85. The number of hydrogen-bond acceptors (Lipinski definition) is 6. The maximum Gasteiger partial charge on any atom is 0.335 e. The van der Waals surface area contributed by atoms with Crippen molar-refractivity contribution in [2.75, 3.05) is 7.11 Å². The lowest BCUT2D eigenvalue weighted by molar-refractivity contribution is -0.384. The molecule has 1 aliphatic heterocycles. The van der Waals surface area contributed by atoms with Crippen molar-refractivity contribution >= 4 is 23.5 Å². The van der Waals surface area contributed by atoms with Crippen LogP contribution in [0, 0.1) is 10.1 Å². The normalized spacial score (nSPS) is 13.9. The predicted molar refractivity (Wildman–Crippen MR) is 93.9 cm³/mol. The van der Waals surface area contributed by atoms with Crippen molar-refractivity contribution in [3.63, 3.8) is 0 Å². The number of benzene rings is 2. The molecule has 0 bridgehead atoms. The van der Waals surface area contributed by atoms with Crippen molar-refractivity contribution in [1.29, 1.82) is 0 Å². The maximum atomic E-state index is 12.8. The molecule has 136 valence electrons. The third-order valence-electron chi connectivity index (χ3n) is 4.28. The summed E-state index contributed by atoms with van der Waals surface area (Å²) in [5.41, 5.74) is 0.453. The molecule has 0 radical (unpaired) electrons. The van der Waals surface area contributed by atoms with Gasteiger partial charge >= 0.3 is 5.97 Å². The number of carbonyl (C=O) groups is 3. The van der Waals surface area contributed by atoms with Crippen molar-refractivity contribution in [2.45, 2.75) is 6.04 Å². The van der Waals surface area contributed by atoms with Crippen molar-refractivity contribution in [2.24, 2.45) is 0 Å². The molecule has 0 spiro atoms. The summed E-state index contributed by atoms with van der Waals surface area (Å²) in [5.74, 6) is -1.96. The van der Waals surface area contributed by atoms with Crippen molar-refractivity contribution in [1.82, 2.24) is 4.90 Å². The van der Waals surface area contributed by atoms with E-state index in [4.69, 9.17) is 0 Å². The Balaban J connectivity index is 2.10. The van der Waals surface area contributed by atoms with Gasteiger partial charge in [-0.2, -0.15) is 0 Å². The zero-order valence-electron chi connectivity index (χ0n) is 14.2. The molecule has 1 atom stereocenters. The second-order valence-corrected chi connectivity index (χ2v) is 5.79. The van der Waals surface area contributed by atoms with Gasteiger partial charge in [-0.25, -0.2) is 4.79 Å². The lowest BCUT2D eigenvalue weighted by atomic mass is 9.97. The van der Waals surface area contributed by atoms with Crippen LogP contribution in [0.25, 0.3) is 0 Å². The molecule has 8 nitrogen and oxygen atoms in total. The van der Waals surface area contributed by atoms with E-state index in [1.54, 1.807) is 12.1 Å². The van der Waals surface area contributed by atoms with E-state index < -0.39 is 28.7 Å². The molecule has 8 heteroatoms. The van der Waals surface area contributed by atoms with Gasteiger partial charge in [0.15, 0.2) is 0 Å². The average Bonchev–Trinajstić information content (AvgIpc) is 2.93. The number of fused-ring (bicyclic) bond motifs is 1. The summed E-state index contributed by atoms with van der Waals surface area (Å²) in [6, 6.07) is 10.3. The Bertz CT molecular complexity index is 945. The van der Waals surface area contributed by atoms with E-state index in [2.05, 4.69) is 11.3 Å². The van der Waals surface area contributed by atoms with E-state index in [0.717, 1.165) is 12.0 Å². The molecule has 1 aliphatic rings. The van der Waals surface area contributed by atoms with Crippen LogP contribution in [0.1, 0.15) is 32.3 Å². The summed E-state index contributed by atoms with van der Waals surface area (Å²) in [4.78, 5) is 48.9. The summed E-state index contributed by atoms with van der Waals surface area (Å²) < 4.78 is 4.69. The van der Waals surface area contributed by atoms with Gasteiger partial charge in [0.05, 0.1) is 34.8 Å². The van der Waals surface area contributed by atoms with E-state index in [1.807, 2.05) is 0 Å². The molecule has 0 saturated heterocycles. The molecule has 2 aromatic rings.